The molecule has 1 heterocycles. The number of halogens is 1. The molecule has 28 heavy (non-hydrogen) atoms. The summed E-state index contributed by atoms with van der Waals surface area (Å²) in [6, 6.07) is 16.9. The van der Waals surface area contributed by atoms with Crippen molar-refractivity contribution in [2.45, 2.75) is 51.7 Å². The number of rotatable bonds is 5. The Kier molecular flexibility index (Phi) is 6.86. The van der Waals surface area contributed by atoms with Crippen LogP contribution in [0.5, 0.6) is 5.75 Å². The van der Waals surface area contributed by atoms with E-state index < -0.39 is 5.60 Å². The number of carbonyl (C=O) groups is 1. The van der Waals surface area contributed by atoms with Crippen molar-refractivity contribution in [3.05, 3.63) is 63.2 Å². The second-order valence-electron chi connectivity index (χ2n) is 8.23. The number of likely N-dealkylation sites (tertiary alicyclic amines) is 1. The van der Waals surface area contributed by atoms with E-state index in [9.17, 15) is 4.79 Å². The molecule has 0 bridgehead atoms. The van der Waals surface area contributed by atoms with Gasteiger partial charge in [-0.25, -0.2) is 4.79 Å². The van der Waals surface area contributed by atoms with Crippen LogP contribution < -0.4 is 4.74 Å². The van der Waals surface area contributed by atoms with Crippen molar-refractivity contribution in [1.82, 2.24) is 4.90 Å². The molecule has 1 aliphatic heterocycles. The minimum absolute atomic E-state index is 0.0707. The Morgan fingerprint density at radius 2 is 1.68 bits per heavy atom. The second-order valence-corrected chi connectivity index (χ2v) is 9.47. The molecule has 3 rings (SSSR count). The van der Waals surface area contributed by atoms with Crippen molar-refractivity contribution in [1.29, 1.82) is 0 Å². The summed E-state index contributed by atoms with van der Waals surface area (Å²) in [7, 11) is 0. The minimum Gasteiger partial charge on any atom is -0.491 e. The summed E-state index contributed by atoms with van der Waals surface area (Å²) in [6.07, 6.45) is 2.60. The first kappa shape index (κ1) is 21.0. The van der Waals surface area contributed by atoms with E-state index in [0.717, 1.165) is 31.6 Å². The van der Waals surface area contributed by atoms with Crippen molar-refractivity contribution in [2.24, 2.45) is 0 Å². The molecule has 4 nitrogen and oxygen atoms in total. The van der Waals surface area contributed by atoms with Gasteiger partial charge in [-0.1, -0.05) is 24.3 Å². The molecule has 1 saturated heterocycles. The first-order valence-corrected chi connectivity index (χ1v) is 10.8. The molecular weight excluding hydrogens is 465 g/mol. The highest BCUT2D eigenvalue weighted by molar-refractivity contribution is 14.1. The lowest BCUT2D eigenvalue weighted by molar-refractivity contribution is 0.0187. The van der Waals surface area contributed by atoms with Crippen molar-refractivity contribution in [3.8, 4) is 5.75 Å². The van der Waals surface area contributed by atoms with Crippen LogP contribution in [0.1, 0.15) is 44.7 Å². The summed E-state index contributed by atoms with van der Waals surface area (Å²) < 4.78 is 12.7. The van der Waals surface area contributed by atoms with Crippen molar-refractivity contribution in [2.75, 3.05) is 13.2 Å². The lowest BCUT2D eigenvalue weighted by atomic mass is 10.1. The zero-order chi connectivity index (χ0) is 20.1. The van der Waals surface area contributed by atoms with E-state index in [2.05, 4.69) is 59.0 Å². The number of amides is 1. The Morgan fingerprint density at radius 3 is 2.29 bits per heavy atom. The fourth-order valence-corrected chi connectivity index (χ4v) is 3.66. The molecule has 2 aromatic carbocycles. The van der Waals surface area contributed by atoms with E-state index in [0.29, 0.717) is 6.61 Å². The van der Waals surface area contributed by atoms with Gasteiger partial charge in [0.1, 0.15) is 18.0 Å². The van der Waals surface area contributed by atoms with Gasteiger partial charge in [0, 0.05) is 10.1 Å². The van der Waals surface area contributed by atoms with Crippen LogP contribution in [0.4, 0.5) is 4.79 Å². The summed E-state index contributed by atoms with van der Waals surface area (Å²) in [4.78, 5) is 14.2. The Bertz CT molecular complexity index is 781. The van der Waals surface area contributed by atoms with Crippen LogP contribution in [-0.2, 0) is 11.2 Å². The Labute approximate surface area is 181 Å². The molecule has 0 N–H and O–H groups in total. The topological polar surface area (TPSA) is 38.8 Å². The Morgan fingerprint density at radius 1 is 1.07 bits per heavy atom. The maximum absolute atomic E-state index is 12.4. The molecule has 0 saturated carbocycles. The fraction of sp³-hybridized carbons (Fsp3) is 0.435. The predicted molar refractivity (Wildman–Crippen MR) is 120 cm³/mol. The van der Waals surface area contributed by atoms with Crippen LogP contribution in [0.3, 0.4) is 0 Å². The highest BCUT2D eigenvalue weighted by Crippen LogP contribution is 2.23. The zero-order valence-corrected chi connectivity index (χ0v) is 18.9. The lowest BCUT2D eigenvalue weighted by Gasteiger charge is -2.28. The number of carbonyl (C=O) groups excluding carboxylic acids is 1. The second kappa shape index (κ2) is 9.16. The average Bonchev–Trinajstić information content (AvgIpc) is 3.10. The Hall–Kier alpha value is -1.76. The third kappa shape index (κ3) is 6.12. The van der Waals surface area contributed by atoms with Crippen LogP contribution in [0.15, 0.2) is 48.5 Å². The van der Waals surface area contributed by atoms with E-state index in [-0.39, 0.29) is 12.1 Å². The van der Waals surface area contributed by atoms with Gasteiger partial charge in [0.2, 0.25) is 0 Å². The normalized spacial score (nSPS) is 16.9. The molecule has 0 spiro atoms. The number of hydrogen-bond acceptors (Lipinski definition) is 3. The molecule has 1 atom stereocenters. The minimum atomic E-state index is -0.474. The van der Waals surface area contributed by atoms with Gasteiger partial charge in [-0.15, -0.1) is 0 Å². The third-order valence-corrected chi connectivity index (χ3v) is 5.41. The van der Waals surface area contributed by atoms with Crippen LogP contribution in [0, 0.1) is 3.57 Å². The van der Waals surface area contributed by atoms with Crippen LogP contribution >= 0.6 is 22.6 Å². The molecule has 150 valence electrons. The highest BCUT2D eigenvalue weighted by atomic mass is 127. The number of ether oxygens (including phenoxy) is 2. The van der Waals surface area contributed by atoms with E-state index >= 15 is 0 Å². The maximum Gasteiger partial charge on any atom is 0.410 e. The zero-order valence-electron chi connectivity index (χ0n) is 16.8. The molecule has 0 unspecified atom stereocenters. The largest absolute Gasteiger partial charge is 0.491 e. The molecule has 1 fully saturated rings. The van der Waals surface area contributed by atoms with Crippen LogP contribution in [0.2, 0.25) is 0 Å². The molecule has 2 aromatic rings. The first-order chi connectivity index (χ1) is 13.3. The Balaban J connectivity index is 1.52. The van der Waals surface area contributed by atoms with Gasteiger partial charge < -0.3 is 14.4 Å². The van der Waals surface area contributed by atoms with Crippen LogP contribution in [0.25, 0.3) is 0 Å². The summed E-state index contributed by atoms with van der Waals surface area (Å²) >= 11 is 2.32. The van der Waals surface area contributed by atoms with Crippen LogP contribution in [-0.4, -0.2) is 35.8 Å². The van der Waals surface area contributed by atoms with Gasteiger partial charge >= 0.3 is 6.09 Å². The number of nitrogens with zero attached hydrogens (tertiary/aromatic N) is 1. The van der Waals surface area contributed by atoms with Gasteiger partial charge in [-0.3, -0.25) is 0 Å². The van der Waals surface area contributed by atoms with E-state index in [1.54, 1.807) is 4.90 Å². The molecule has 0 aromatic heterocycles. The average molecular weight is 493 g/mol. The molecular formula is C23H28INO3. The van der Waals surface area contributed by atoms with Gasteiger partial charge in [0.25, 0.3) is 0 Å². The van der Waals surface area contributed by atoms with Gasteiger partial charge in [-0.05, 0) is 98.0 Å². The smallest absolute Gasteiger partial charge is 0.410 e. The maximum atomic E-state index is 12.4. The predicted octanol–water partition coefficient (Wildman–Crippen LogP) is 5.66. The fourth-order valence-electron chi connectivity index (χ4n) is 3.30. The molecule has 0 aliphatic carbocycles. The molecule has 5 heteroatoms. The molecule has 0 radical (unpaired) electrons. The first-order valence-electron chi connectivity index (χ1n) is 9.76. The quantitative estimate of drug-likeness (QED) is 0.505. The molecule has 1 aliphatic rings. The highest BCUT2D eigenvalue weighted by Gasteiger charge is 2.32. The van der Waals surface area contributed by atoms with Gasteiger partial charge in [0.05, 0.1) is 6.04 Å². The van der Waals surface area contributed by atoms with Gasteiger partial charge in [-0.2, -0.15) is 0 Å². The standard InChI is InChI=1S/C23H28INO3/c1-23(2,3)28-22(26)25-14-4-5-20(25)16-27-21-12-8-18(9-13-21)15-17-6-10-19(24)11-7-17/h6-13,20H,4-5,14-16H2,1-3H3/t20-/m0/s1. The van der Waals surface area contributed by atoms with E-state index in [1.165, 1.54) is 14.7 Å². The lowest BCUT2D eigenvalue weighted by Crippen LogP contribution is -2.42. The van der Waals surface area contributed by atoms with E-state index in [4.69, 9.17) is 9.47 Å². The van der Waals surface area contributed by atoms with Crippen molar-refractivity contribution < 1.29 is 14.3 Å². The number of hydrogen-bond donors (Lipinski definition) is 0. The van der Waals surface area contributed by atoms with Crippen molar-refractivity contribution >= 4 is 28.7 Å². The van der Waals surface area contributed by atoms with E-state index in [1.807, 2.05) is 32.9 Å². The summed E-state index contributed by atoms with van der Waals surface area (Å²) in [5.41, 5.74) is 2.08. The van der Waals surface area contributed by atoms with Crippen molar-refractivity contribution in [3.63, 3.8) is 0 Å². The third-order valence-electron chi connectivity index (χ3n) is 4.69. The monoisotopic (exact) mass is 493 g/mol. The van der Waals surface area contributed by atoms with Gasteiger partial charge in [0.15, 0.2) is 0 Å². The summed E-state index contributed by atoms with van der Waals surface area (Å²) in [6.45, 7) is 6.91. The SMILES string of the molecule is CC(C)(C)OC(=O)N1CCC[C@H]1COc1ccc(Cc2ccc(I)cc2)cc1. The summed E-state index contributed by atoms with van der Waals surface area (Å²) in [5, 5.41) is 0. The molecule has 1 amide bonds. The number of benzene rings is 2. The summed E-state index contributed by atoms with van der Waals surface area (Å²) in [5.74, 6) is 0.836.